The maximum Gasteiger partial charge on any atom is 0.407 e. The standard InChI is InChI=1S/C27H27N5O3/c1-15-3-4-18-11-16(5-8-20(18)25(15)28)17-6-9-21-19(12-17)7-10-22-26(21)32-23(31-22)13-29-24(33)14-30-27(34)35-2/h5-12H,3-4,13-14,28H2,1-2H3,(H,29,33)(H,30,34)(H,31,32). The van der Waals surface area contributed by atoms with E-state index in [1.54, 1.807) is 0 Å². The van der Waals surface area contributed by atoms with E-state index in [0.717, 1.165) is 51.5 Å². The molecule has 1 aliphatic carbocycles. The predicted molar refractivity (Wildman–Crippen MR) is 136 cm³/mol. The first-order chi connectivity index (χ1) is 16.9. The molecular weight excluding hydrogens is 442 g/mol. The van der Waals surface area contributed by atoms with Crippen LogP contribution in [0.5, 0.6) is 0 Å². The summed E-state index contributed by atoms with van der Waals surface area (Å²) < 4.78 is 4.46. The van der Waals surface area contributed by atoms with Crippen LogP contribution in [0.1, 0.15) is 30.3 Å². The number of imidazole rings is 1. The number of nitrogens with zero attached hydrogens (tertiary/aromatic N) is 1. The molecule has 0 atom stereocenters. The van der Waals surface area contributed by atoms with Gasteiger partial charge < -0.3 is 26.1 Å². The molecule has 0 bridgehead atoms. The Hall–Kier alpha value is -4.33. The number of carbonyl (C=O) groups excluding carboxylic acids is 2. The van der Waals surface area contributed by atoms with Gasteiger partial charge >= 0.3 is 6.09 Å². The molecule has 3 aromatic carbocycles. The molecule has 1 aliphatic rings. The fraction of sp³-hybridized carbons (Fsp3) is 0.222. The third kappa shape index (κ3) is 4.42. The van der Waals surface area contributed by atoms with Gasteiger partial charge in [0.25, 0.3) is 0 Å². The first-order valence-electron chi connectivity index (χ1n) is 11.5. The van der Waals surface area contributed by atoms with E-state index in [1.807, 2.05) is 6.07 Å². The highest BCUT2D eigenvalue weighted by Crippen LogP contribution is 2.33. The largest absolute Gasteiger partial charge is 0.453 e. The highest BCUT2D eigenvalue weighted by molar-refractivity contribution is 6.05. The van der Waals surface area contributed by atoms with Crippen LogP contribution in [0.15, 0.2) is 54.1 Å². The Morgan fingerprint density at radius 2 is 1.86 bits per heavy atom. The van der Waals surface area contributed by atoms with Crippen molar-refractivity contribution in [1.82, 2.24) is 20.6 Å². The average Bonchev–Trinajstić information content (AvgIpc) is 3.31. The molecule has 1 heterocycles. The Morgan fingerprint density at radius 1 is 1.06 bits per heavy atom. The molecule has 0 fully saturated rings. The molecule has 178 valence electrons. The van der Waals surface area contributed by atoms with Gasteiger partial charge in [0, 0.05) is 16.6 Å². The van der Waals surface area contributed by atoms with E-state index in [9.17, 15) is 9.59 Å². The van der Waals surface area contributed by atoms with Crippen molar-refractivity contribution in [2.75, 3.05) is 13.7 Å². The van der Waals surface area contributed by atoms with Gasteiger partial charge in [0.1, 0.15) is 12.4 Å². The zero-order valence-electron chi connectivity index (χ0n) is 19.7. The second-order valence-corrected chi connectivity index (χ2v) is 8.77. The predicted octanol–water partition coefficient (Wildman–Crippen LogP) is 3.99. The minimum atomic E-state index is -0.652. The molecule has 1 aromatic heterocycles. The number of hydrogen-bond donors (Lipinski definition) is 4. The number of benzene rings is 3. The molecule has 0 aliphatic heterocycles. The number of rotatable bonds is 5. The highest BCUT2D eigenvalue weighted by Gasteiger charge is 2.15. The quantitative estimate of drug-likeness (QED) is 0.352. The summed E-state index contributed by atoms with van der Waals surface area (Å²) in [4.78, 5) is 30.9. The van der Waals surface area contributed by atoms with Gasteiger partial charge in [-0.2, -0.15) is 0 Å². The third-order valence-corrected chi connectivity index (χ3v) is 6.51. The summed E-state index contributed by atoms with van der Waals surface area (Å²) in [7, 11) is 1.25. The van der Waals surface area contributed by atoms with E-state index >= 15 is 0 Å². The number of hydrogen-bond acceptors (Lipinski definition) is 5. The fourth-order valence-corrected chi connectivity index (χ4v) is 4.52. The molecule has 5 rings (SSSR count). The maximum absolute atomic E-state index is 11.9. The lowest BCUT2D eigenvalue weighted by atomic mass is 9.88. The van der Waals surface area contributed by atoms with Crippen molar-refractivity contribution in [3.8, 4) is 11.1 Å². The summed E-state index contributed by atoms with van der Waals surface area (Å²) in [5.41, 5.74) is 15.0. The summed E-state index contributed by atoms with van der Waals surface area (Å²) in [5.74, 6) is 0.307. The molecule has 5 N–H and O–H groups in total. The van der Waals surface area contributed by atoms with Crippen LogP contribution >= 0.6 is 0 Å². The summed E-state index contributed by atoms with van der Waals surface area (Å²) >= 11 is 0. The van der Waals surface area contributed by atoms with E-state index in [-0.39, 0.29) is 19.0 Å². The minimum absolute atomic E-state index is 0.163. The van der Waals surface area contributed by atoms with Crippen molar-refractivity contribution >= 4 is 39.5 Å². The summed E-state index contributed by atoms with van der Waals surface area (Å²) in [6, 6.07) is 17.0. The fourth-order valence-electron chi connectivity index (χ4n) is 4.52. The first-order valence-corrected chi connectivity index (χ1v) is 11.5. The van der Waals surface area contributed by atoms with E-state index in [1.165, 1.54) is 23.8 Å². The number of alkyl carbamates (subject to hydrolysis) is 1. The summed E-state index contributed by atoms with van der Waals surface area (Å²) in [6.07, 6.45) is 1.36. The van der Waals surface area contributed by atoms with Gasteiger partial charge in [-0.3, -0.25) is 4.79 Å². The average molecular weight is 470 g/mol. The summed E-state index contributed by atoms with van der Waals surface area (Å²) in [5, 5.41) is 7.24. The second kappa shape index (κ2) is 9.13. The van der Waals surface area contributed by atoms with E-state index in [4.69, 9.17) is 5.73 Å². The van der Waals surface area contributed by atoms with Crippen LogP contribution in [0.2, 0.25) is 0 Å². The molecule has 8 nitrogen and oxygen atoms in total. The lowest BCUT2D eigenvalue weighted by Gasteiger charge is -2.19. The molecule has 0 unspecified atom stereocenters. The monoisotopic (exact) mass is 469 g/mol. The normalized spacial score (nSPS) is 13.1. The Labute approximate surface area is 202 Å². The number of carbonyl (C=O) groups is 2. The number of allylic oxidation sites excluding steroid dienone is 1. The van der Waals surface area contributed by atoms with Gasteiger partial charge in [0.2, 0.25) is 5.91 Å². The molecule has 35 heavy (non-hydrogen) atoms. The molecule has 0 radical (unpaired) electrons. The SMILES string of the molecule is COC(=O)NCC(=O)NCc1nc2ccc3cc(-c4ccc5c(c4)CCC(C)=C5N)ccc3c2[nH]1. The Kier molecular flexibility index (Phi) is 5.86. The van der Waals surface area contributed by atoms with Gasteiger partial charge in [0.15, 0.2) is 0 Å². The van der Waals surface area contributed by atoms with E-state index in [2.05, 4.69) is 74.7 Å². The number of methoxy groups -OCH3 is 1. The molecule has 0 spiro atoms. The smallest absolute Gasteiger partial charge is 0.407 e. The van der Waals surface area contributed by atoms with Gasteiger partial charge in [0.05, 0.1) is 24.7 Å². The second-order valence-electron chi connectivity index (χ2n) is 8.77. The molecule has 8 heteroatoms. The zero-order chi connectivity index (χ0) is 24.5. The van der Waals surface area contributed by atoms with Crippen LogP contribution in [0.4, 0.5) is 4.79 Å². The minimum Gasteiger partial charge on any atom is -0.453 e. The van der Waals surface area contributed by atoms with Crippen molar-refractivity contribution < 1.29 is 14.3 Å². The molecule has 2 amide bonds. The maximum atomic E-state index is 11.9. The van der Waals surface area contributed by atoms with Gasteiger partial charge in [-0.05, 0) is 59.5 Å². The van der Waals surface area contributed by atoms with E-state index in [0.29, 0.717) is 5.82 Å². The van der Waals surface area contributed by atoms with E-state index < -0.39 is 6.09 Å². The molecule has 0 saturated carbocycles. The van der Waals surface area contributed by atoms with Crippen LogP contribution in [-0.4, -0.2) is 35.6 Å². The van der Waals surface area contributed by atoms with Gasteiger partial charge in [-0.1, -0.05) is 36.4 Å². The molecular formula is C27H27N5O3. The number of amides is 2. The zero-order valence-corrected chi connectivity index (χ0v) is 19.7. The van der Waals surface area contributed by atoms with Crippen LogP contribution < -0.4 is 16.4 Å². The van der Waals surface area contributed by atoms with Crippen molar-refractivity contribution in [2.45, 2.75) is 26.3 Å². The number of aromatic amines is 1. The van der Waals surface area contributed by atoms with Crippen LogP contribution in [0, 0.1) is 0 Å². The lowest BCUT2D eigenvalue weighted by molar-refractivity contribution is -0.120. The first kappa shape index (κ1) is 22.5. The number of aromatic nitrogens is 2. The number of nitrogens with two attached hydrogens (primary N) is 1. The number of ether oxygens (including phenoxy) is 1. The van der Waals surface area contributed by atoms with Crippen molar-refractivity contribution in [3.63, 3.8) is 0 Å². The Morgan fingerprint density at radius 3 is 2.69 bits per heavy atom. The van der Waals surface area contributed by atoms with Crippen molar-refractivity contribution in [1.29, 1.82) is 0 Å². The van der Waals surface area contributed by atoms with Crippen LogP contribution in [0.3, 0.4) is 0 Å². The number of H-pyrrole nitrogens is 1. The Balaban J connectivity index is 1.37. The van der Waals surface area contributed by atoms with Gasteiger partial charge in [-0.25, -0.2) is 9.78 Å². The number of nitrogens with one attached hydrogen (secondary N) is 3. The van der Waals surface area contributed by atoms with Crippen molar-refractivity contribution in [3.05, 3.63) is 71.1 Å². The third-order valence-electron chi connectivity index (χ3n) is 6.51. The topological polar surface area (TPSA) is 122 Å². The van der Waals surface area contributed by atoms with Gasteiger partial charge in [-0.15, -0.1) is 0 Å². The number of aryl methyl sites for hydroxylation is 1. The number of fused-ring (bicyclic) bond motifs is 4. The Bertz CT molecular complexity index is 1500. The highest BCUT2D eigenvalue weighted by atomic mass is 16.5. The molecule has 4 aromatic rings. The molecule has 0 saturated heterocycles. The van der Waals surface area contributed by atoms with Crippen LogP contribution in [-0.2, 0) is 22.5 Å². The van der Waals surface area contributed by atoms with Crippen molar-refractivity contribution in [2.24, 2.45) is 5.73 Å². The van der Waals surface area contributed by atoms with Crippen LogP contribution in [0.25, 0.3) is 38.6 Å². The lowest BCUT2D eigenvalue weighted by Crippen LogP contribution is -2.36. The summed E-state index contributed by atoms with van der Waals surface area (Å²) in [6.45, 7) is 2.17.